The molecule has 3 rings (SSSR count). The first-order chi connectivity index (χ1) is 8.27. The molecule has 0 unspecified atom stereocenters. The molecule has 0 saturated carbocycles. The van der Waals surface area contributed by atoms with Crippen LogP contribution in [0.15, 0.2) is 18.2 Å². The van der Waals surface area contributed by atoms with Gasteiger partial charge in [-0.05, 0) is 51.4 Å². The number of nitrogens with one attached hydrogen (secondary N) is 1. The maximum absolute atomic E-state index is 4.69. The molecule has 3 nitrogen and oxygen atoms in total. The van der Waals surface area contributed by atoms with Crippen molar-refractivity contribution in [3.8, 4) is 0 Å². The molecule has 0 atom stereocenters. The number of aryl methyl sites for hydroxylation is 2. The largest absolute Gasteiger partial charge is 0.325 e. The summed E-state index contributed by atoms with van der Waals surface area (Å²) in [5.74, 6) is 1.15. The summed E-state index contributed by atoms with van der Waals surface area (Å²) in [6.07, 6.45) is 2.42. The van der Waals surface area contributed by atoms with Crippen LogP contribution in [0, 0.1) is 13.8 Å². The quantitative estimate of drug-likeness (QED) is 0.814. The van der Waals surface area contributed by atoms with Crippen LogP contribution in [0.4, 0.5) is 0 Å². The van der Waals surface area contributed by atoms with Crippen molar-refractivity contribution in [1.29, 1.82) is 0 Å². The zero-order chi connectivity index (χ0) is 11.8. The highest BCUT2D eigenvalue weighted by Crippen LogP contribution is 2.28. The van der Waals surface area contributed by atoms with Crippen molar-refractivity contribution in [1.82, 2.24) is 14.9 Å². The second kappa shape index (κ2) is 4.15. The molecular weight excluding hydrogens is 210 g/mol. The molecule has 1 aromatic heterocycles. The average molecular weight is 229 g/mol. The van der Waals surface area contributed by atoms with Gasteiger partial charge in [0.1, 0.15) is 5.82 Å². The normalized spacial score (nSPS) is 17.8. The zero-order valence-corrected chi connectivity index (χ0v) is 10.5. The highest BCUT2D eigenvalue weighted by atomic mass is 15.1. The number of imidazole rings is 1. The van der Waals surface area contributed by atoms with E-state index >= 15 is 0 Å². The molecule has 0 radical (unpaired) electrons. The minimum Gasteiger partial charge on any atom is -0.325 e. The predicted molar refractivity (Wildman–Crippen MR) is 70.3 cm³/mol. The Morgan fingerprint density at radius 3 is 2.76 bits per heavy atom. The Bertz CT molecular complexity index is 536. The van der Waals surface area contributed by atoms with E-state index in [0.717, 1.165) is 24.4 Å². The van der Waals surface area contributed by atoms with Crippen LogP contribution in [0.25, 0.3) is 11.0 Å². The number of rotatable bonds is 1. The summed E-state index contributed by atoms with van der Waals surface area (Å²) < 4.78 is 2.45. The zero-order valence-electron chi connectivity index (χ0n) is 10.5. The fourth-order valence-electron chi connectivity index (χ4n) is 2.95. The van der Waals surface area contributed by atoms with Crippen molar-refractivity contribution in [2.24, 2.45) is 0 Å². The number of piperidine rings is 1. The van der Waals surface area contributed by atoms with E-state index in [2.05, 4.69) is 41.9 Å². The SMILES string of the molecule is Cc1cccc2nc(C)n(C3CCNCC3)c12. The lowest BCUT2D eigenvalue weighted by molar-refractivity contribution is 0.370. The molecule has 1 aliphatic rings. The van der Waals surface area contributed by atoms with E-state index in [0.29, 0.717) is 6.04 Å². The van der Waals surface area contributed by atoms with E-state index in [4.69, 9.17) is 4.98 Å². The van der Waals surface area contributed by atoms with Gasteiger partial charge in [0.2, 0.25) is 0 Å². The number of hydrogen-bond acceptors (Lipinski definition) is 2. The van der Waals surface area contributed by atoms with Gasteiger partial charge in [0, 0.05) is 6.04 Å². The smallest absolute Gasteiger partial charge is 0.106 e. The number of hydrogen-bond donors (Lipinski definition) is 1. The fourth-order valence-corrected chi connectivity index (χ4v) is 2.95. The van der Waals surface area contributed by atoms with Crippen LogP contribution < -0.4 is 5.32 Å². The summed E-state index contributed by atoms with van der Waals surface area (Å²) in [4.78, 5) is 4.69. The lowest BCUT2D eigenvalue weighted by Crippen LogP contribution is -2.29. The summed E-state index contributed by atoms with van der Waals surface area (Å²) in [7, 11) is 0. The van der Waals surface area contributed by atoms with Gasteiger partial charge in [0.15, 0.2) is 0 Å². The Balaban J connectivity index is 2.16. The second-order valence-electron chi connectivity index (χ2n) is 4.95. The molecule has 2 heterocycles. The first-order valence-electron chi connectivity index (χ1n) is 6.42. The van der Waals surface area contributed by atoms with E-state index in [9.17, 15) is 0 Å². The van der Waals surface area contributed by atoms with Crippen LogP contribution >= 0.6 is 0 Å². The highest BCUT2D eigenvalue weighted by molar-refractivity contribution is 5.79. The van der Waals surface area contributed by atoms with Gasteiger partial charge in [0.05, 0.1) is 11.0 Å². The Labute approximate surface area is 102 Å². The van der Waals surface area contributed by atoms with Crippen LogP contribution in [-0.2, 0) is 0 Å². The summed E-state index contributed by atoms with van der Waals surface area (Å²) >= 11 is 0. The molecule has 1 aromatic carbocycles. The topological polar surface area (TPSA) is 29.9 Å². The predicted octanol–water partition coefficient (Wildman–Crippen LogP) is 2.58. The van der Waals surface area contributed by atoms with E-state index in [1.165, 1.54) is 23.9 Å². The van der Waals surface area contributed by atoms with Gasteiger partial charge in [-0.2, -0.15) is 0 Å². The maximum Gasteiger partial charge on any atom is 0.106 e. The first-order valence-corrected chi connectivity index (χ1v) is 6.42. The lowest BCUT2D eigenvalue weighted by atomic mass is 10.1. The van der Waals surface area contributed by atoms with Crippen molar-refractivity contribution >= 4 is 11.0 Å². The van der Waals surface area contributed by atoms with E-state index in [1.54, 1.807) is 0 Å². The number of nitrogens with zero attached hydrogens (tertiary/aromatic N) is 2. The number of para-hydroxylation sites is 1. The third kappa shape index (κ3) is 1.75. The fraction of sp³-hybridized carbons (Fsp3) is 0.500. The van der Waals surface area contributed by atoms with Crippen LogP contribution in [0.3, 0.4) is 0 Å². The molecule has 1 fully saturated rings. The number of fused-ring (bicyclic) bond motifs is 1. The Morgan fingerprint density at radius 2 is 2.00 bits per heavy atom. The van der Waals surface area contributed by atoms with Crippen LogP contribution in [0.1, 0.15) is 30.3 Å². The van der Waals surface area contributed by atoms with Crippen molar-refractivity contribution in [3.63, 3.8) is 0 Å². The number of aromatic nitrogens is 2. The van der Waals surface area contributed by atoms with E-state index in [-0.39, 0.29) is 0 Å². The molecule has 2 aromatic rings. The van der Waals surface area contributed by atoms with Crippen molar-refractivity contribution in [2.75, 3.05) is 13.1 Å². The molecule has 0 aliphatic carbocycles. The molecule has 1 N–H and O–H groups in total. The van der Waals surface area contributed by atoms with Crippen LogP contribution in [0.2, 0.25) is 0 Å². The van der Waals surface area contributed by atoms with Gasteiger partial charge in [-0.15, -0.1) is 0 Å². The maximum atomic E-state index is 4.69. The third-order valence-electron chi connectivity index (χ3n) is 3.76. The van der Waals surface area contributed by atoms with Gasteiger partial charge in [-0.25, -0.2) is 4.98 Å². The van der Waals surface area contributed by atoms with Crippen LogP contribution in [0.5, 0.6) is 0 Å². The Kier molecular flexibility index (Phi) is 2.63. The summed E-state index contributed by atoms with van der Waals surface area (Å²) in [5, 5.41) is 3.43. The van der Waals surface area contributed by atoms with Gasteiger partial charge >= 0.3 is 0 Å². The standard InChI is InChI=1S/C14H19N3/c1-10-4-3-5-13-14(10)17(11(2)16-13)12-6-8-15-9-7-12/h3-5,12,15H,6-9H2,1-2H3. The van der Waals surface area contributed by atoms with Crippen molar-refractivity contribution in [3.05, 3.63) is 29.6 Å². The molecule has 1 saturated heterocycles. The molecule has 0 bridgehead atoms. The van der Waals surface area contributed by atoms with Gasteiger partial charge in [0.25, 0.3) is 0 Å². The van der Waals surface area contributed by atoms with Gasteiger partial charge in [-0.1, -0.05) is 12.1 Å². The molecule has 90 valence electrons. The molecule has 1 aliphatic heterocycles. The molecule has 3 heteroatoms. The summed E-state index contributed by atoms with van der Waals surface area (Å²) in [5.41, 5.74) is 3.81. The minimum atomic E-state index is 0.613. The van der Waals surface area contributed by atoms with Crippen molar-refractivity contribution < 1.29 is 0 Å². The van der Waals surface area contributed by atoms with Crippen LogP contribution in [-0.4, -0.2) is 22.6 Å². The Morgan fingerprint density at radius 1 is 1.24 bits per heavy atom. The van der Waals surface area contributed by atoms with Crippen molar-refractivity contribution in [2.45, 2.75) is 32.7 Å². The molecule has 17 heavy (non-hydrogen) atoms. The van der Waals surface area contributed by atoms with Gasteiger partial charge < -0.3 is 9.88 Å². The Hall–Kier alpha value is -1.35. The average Bonchev–Trinajstić information content (AvgIpc) is 2.68. The minimum absolute atomic E-state index is 0.613. The monoisotopic (exact) mass is 229 g/mol. The lowest BCUT2D eigenvalue weighted by Gasteiger charge is -2.26. The highest BCUT2D eigenvalue weighted by Gasteiger charge is 2.20. The summed E-state index contributed by atoms with van der Waals surface area (Å²) in [6.45, 7) is 6.55. The third-order valence-corrected chi connectivity index (χ3v) is 3.76. The molecule has 0 spiro atoms. The van der Waals surface area contributed by atoms with E-state index < -0.39 is 0 Å². The molecule has 0 amide bonds. The number of benzene rings is 1. The summed E-state index contributed by atoms with van der Waals surface area (Å²) in [6, 6.07) is 7.01. The first kappa shape index (κ1) is 10.8. The van der Waals surface area contributed by atoms with Gasteiger partial charge in [-0.3, -0.25) is 0 Å². The molecular formula is C14H19N3. The second-order valence-corrected chi connectivity index (χ2v) is 4.95. The van der Waals surface area contributed by atoms with E-state index in [1.807, 2.05) is 0 Å².